The number of fused-ring (bicyclic) bond motifs is 1. The normalized spacial score (nSPS) is 27.1. The van der Waals surface area contributed by atoms with Gasteiger partial charge >= 0.3 is 0 Å². The SMILES string of the molecule is C[C@@]12CCC(=O)N1[C@@H](C(=O)NCCc1ccc(F)cc1)CS2. The lowest BCUT2D eigenvalue weighted by molar-refractivity contribution is -0.137. The summed E-state index contributed by atoms with van der Waals surface area (Å²) in [5, 5.41) is 2.90. The Bertz CT molecular complexity index is 592. The van der Waals surface area contributed by atoms with Crippen LogP contribution in [0.3, 0.4) is 0 Å². The number of nitrogens with zero attached hydrogens (tertiary/aromatic N) is 1. The fourth-order valence-corrected chi connectivity index (χ4v) is 4.55. The fraction of sp³-hybridized carbons (Fsp3) is 0.500. The maximum absolute atomic E-state index is 12.8. The number of rotatable bonds is 4. The Morgan fingerprint density at radius 2 is 2.18 bits per heavy atom. The molecular formula is C16H19FN2O2S. The van der Waals surface area contributed by atoms with Crippen molar-refractivity contribution in [1.82, 2.24) is 10.2 Å². The van der Waals surface area contributed by atoms with Gasteiger partial charge in [0.2, 0.25) is 11.8 Å². The van der Waals surface area contributed by atoms with Gasteiger partial charge in [0.1, 0.15) is 11.9 Å². The third-order valence-corrected chi connectivity index (χ3v) is 5.88. The molecule has 0 saturated carbocycles. The number of hydrogen-bond donors (Lipinski definition) is 1. The molecule has 0 aliphatic carbocycles. The molecule has 0 aromatic heterocycles. The number of carbonyl (C=O) groups is 2. The summed E-state index contributed by atoms with van der Waals surface area (Å²) in [4.78, 5) is 25.9. The van der Waals surface area contributed by atoms with E-state index in [4.69, 9.17) is 0 Å². The van der Waals surface area contributed by atoms with E-state index < -0.39 is 0 Å². The second kappa shape index (κ2) is 5.91. The second-order valence-electron chi connectivity index (χ2n) is 5.93. The van der Waals surface area contributed by atoms with Gasteiger partial charge in [-0.2, -0.15) is 0 Å². The average Bonchev–Trinajstić information content (AvgIpc) is 2.98. The van der Waals surface area contributed by atoms with E-state index in [0.717, 1.165) is 12.0 Å². The Kier molecular flexibility index (Phi) is 4.12. The van der Waals surface area contributed by atoms with E-state index in [9.17, 15) is 14.0 Å². The summed E-state index contributed by atoms with van der Waals surface area (Å²) in [5.74, 6) is 0.382. The minimum Gasteiger partial charge on any atom is -0.354 e. The average molecular weight is 322 g/mol. The molecule has 2 aliphatic rings. The monoisotopic (exact) mass is 322 g/mol. The molecular weight excluding hydrogens is 303 g/mol. The maximum atomic E-state index is 12.8. The molecule has 4 nitrogen and oxygen atoms in total. The molecule has 1 aromatic carbocycles. The number of halogens is 1. The summed E-state index contributed by atoms with van der Waals surface area (Å²) in [6.45, 7) is 2.53. The highest BCUT2D eigenvalue weighted by atomic mass is 32.2. The number of thioether (sulfide) groups is 1. The first-order chi connectivity index (χ1) is 10.5. The number of carbonyl (C=O) groups excluding carboxylic acids is 2. The highest BCUT2D eigenvalue weighted by molar-refractivity contribution is 8.01. The number of amides is 2. The molecule has 0 spiro atoms. The molecule has 22 heavy (non-hydrogen) atoms. The molecule has 2 amide bonds. The minimum atomic E-state index is -0.363. The Morgan fingerprint density at radius 3 is 2.91 bits per heavy atom. The van der Waals surface area contributed by atoms with Gasteiger partial charge in [0.05, 0.1) is 4.87 Å². The zero-order valence-corrected chi connectivity index (χ0v) is 13.3. The van der Waals surface area contributed by atoms with Crippen LogP contribution in [0.15, 0.2) is 24.3 Å². The summed E-state index contributed by atoms with van der Waals surface area (Å²) < 4.78 is 12.8. The molecule has 6 heteroatoms. The van der Waals surface area contributed by atoms with E-state index >= 15 is 0 Å². The van der Waals surface area contributed by atoms with Crippen molar-refractivity contribution in [2.24, 2.45) is 0 Å². The van der Waals surface area contributed by atoms with Crippen molar-refractivity contribution in [1.29, 1.82) is 0 Å². The molecule has 2 heterocycles. The van der Waals surface area contributed by atoms with Gasteiger partial charge in [0.15, 0.2) is 0 Å². The highest BCUT2D eigenvalue weighted by Crippen LogP contribution is 2.47. The highest BCUT2D eigenvalue weighted by Gasteiger charge is 2.52. The molecule has 0 bridgehead atoms. The number of nitrogens with one attached hydrogen (secondary N) is 1. The van der Waals surface area contributed by atoms with Crippen LogP contribution in [0.5, 0.6) is 0 Å². The van der Waals surface area contributed by atoms with Crippen LogP contribution < -0.4 is 5.32 Å². The fourth-order valence-electron chi connectivity index (χ4n) is 3.11. The molecule has 1 N–H and O–H groups in total. The van der Waals surface area contributed by atoms with Crippen molar-refractivity contribution in [3.8, 4) is 0 Å². The zero-order valence-electron chi connectivity index (χ0n) is 12.5. The summed E-state index contributed by atoms with van der Waals surface area (Å²) in [5.41, 5.74) is 0.976. The van der Waals surface area contributed by atoms with Crippen LogP contribution in [-0.4, -0.2) is 39.9 Å². The summed E-state index contributed by atoms with van der Waals surface area (Å²) in [6, 6.07) is 5.90. The second-order valence-corrected chi connectivity index (χ2v) is 7.43. The van der Waals surface area contributed by atoms with Crippen molar-refractivity contribution in [2.45, 2.75) is 37.1 Å². The van der Waals surface area contributed by atoms with Crippen LogP contribution in [0.25, 0.3) is 0 Å². The Morgan fingerprint density at radius 1 is 1.45 bits per heavy atom. The molecule has 2 atom stereocenters. The molecule has 1 aromatic rings. The van der Waals surface area contributed by atoms with Crippen LogP contribution >= 0.6 is 11.8 Å². The molecule has 2 fully saturated rings. The van der Waals surface area contributed by atoms with Gasteiger partial charge < -0.3 is 10.2 Å². The van der Waals surface area contributed by atoms with Crippen LogP contribution in [0.1, 0.15) is 25.3 Å². The minimum absolute atomic E-state index is 0.0752. The van der Waals surface area contributed by atoms with Crippen molar-refractivity contribution < 1.29 is 14.0 Å². The van der Waals surface area contributed by atoms with E-state index in [0.29, 0.717) is 25.1 Å². The summed E-state index contributed by atoms with van der Waals surface area (Å²) in [6.07, 6.45) is 2.00. The van der Waals surface area contributed by atoms with Gasteiger partial charge in [0, 0.05) is 18.7 Å². The van der Waals surface area contributed by atoms with Gasteiger partial charge in [-0.05, 0) is 37.5 Å². The van der Waals surface area contributed by atoms with E-state index in [2.05, 4.69) is 5.32 Å². The topological polar surface area (TPSA) is 49.4 Å². The molecule has 0 radical (unpaired) electrons. The predicted molar refractivity (Wildman–Crippen MR) is 83.8 cm³/mol. The smallest absolute Gasteiger partial charge is 0.243 e. The lowest BCUT2D eigenvalue weighted by Crippen LogP contribution is -2.50. The van der Waals surface area contributed by atoms with Crippen LogP contribution in [0.2, 0.25) is 0 Å². The first-order valence-corrected chi connectivity index (χ1v) is 8.46. The van der Waals surface area contributed by atoms with Crippen LogP contribution in [0.4, 0.5) is 4.39 Å². The molecule has 118 valence electrons. The van der Waals surface area contributed by atoms with E-state index in [1.165, 1.54) is 12.1 Å². The summed E-state index contributed by atoms with van der Waals surface area (Å²) >= 11 is 1.69. The standard InChI is InChI=1S/C16H19FN2O2S/c1-16-8-6-14(20)19(16)13(10-22-16)15(21)18-9-7-11-2-4-12(17)5-3-11/h2-5,13H,6-10H2,1H3,(H,18,21)/t13-,16-/m1/s1. The Labute approximate surface area is 133 Å². The van der Waals surface area contributed by atoms with Crippen LogP contribution in [-0.2, 0) is 16.0 Å². The zero-order chi connectivity index (χ0) is 15.7. The number of hydrogen-bond acceptors (Lipinski definition) is 3. The van der Waals surface area contributed by atoms with Gasteiger partial charge in [0.25, 0.3) is 0 Å². The Hall–Kier alpha value is -1.56. The van der Waals surface area contributed by atoms with Crippen molar-refractivity contribution in [3.63, 3.8) is 0 Å². The van der Waals surface area contributed by atoms with E-state index in [1.807, 2.05) is 6.92 Å². The maximum Gasteiger partial charge on any atom is 0.243 e. The predicted octanol–water partition coefficient (Wildman–Crippen LogP) is 1.94. The largest absolute Gasteiger partial charge is 0.354 e. The lowest BCUT2D eigenvalue weighted by atomic mass is 10.1. The van der Waals surface area contributed by atoms with Crippen molar-refractivity contribution in [2.75, 3.05) is 12.3 Å². The lowest BCUT2D eigenvalue weighted by Gasteiger charge is -2.29. The third-order valence-electron chi connectivity index (χ3n) is 4.37. The summed E-state index contributed by atoms with van der Waals surface area (Å²) in [7, 11) is 0. The first kappa shape index (κ1) is 15.3. The third kappa shape index (κ3) is 2.84. The quantitative estimate of drug-likeness (QED) is 0.922. The molecule has 3 rings (SSSR count). The Balaban J connectivity index is 1.54. The number of benzene rings is 1. The van der Waals surface area contributed by atoms with Gasteiger partial charge in [-0.3, -0.25) is 9.59 Å². The van der Waals surface area contributed by atoms with Gasteiger partial charge in [-0.25, -0.2) is 4.39 Å². The van der Waals surface area contributed by atoms with E-state index in [-0.39, 0.29) is 28.5 Å². The molecule has 2 saturated heterocycles. The van der Waals surface area contributed by atoms with Crippen molar-refractivity contribution >= 4 is 23.6 Å². The molecule has 0 unspecified atom stereocenters. The van der Waals surface area contributed by atoms with Crippen molar-refractivity contribution in [3.05, 3.63) is 35.6 Å². The first-order valence-electron chi connectivity index (χ1n) is 7.48. The van der Waals surface area contributed by atoms with Crippen LogP contribution in [0, 0.1) is 5.82 Å². The van der Waals surface area contributed by atoms with Gasteiger partial charge in [-0.15, -0.1) is 11.8 Å². The van der Waals surface area contributed by atoms with Gasteiger partial charge in [-0.1, -0.05) is 12.1 Å². The van der Waals surface area contributed by atoms with E-state index in [1.54, 1.807) is 28.8 Å². The molecule has 2 aliphatic heterocycles.